The van der Waals surface area contributed by atoms with Gasteiger partial charge in [-0.05, 0) is 63.8 Å². The molecule has 16 heavy (non-hydrogen) atoms. The van der Waals surface area contributed by atoms with Crippen LogP contribution >= 0.6 is 41.2 Å². The highest BCUT2D eigenvalue weighted by Gasteiger charge is 2.00. The van der Waals surface area contributed by atoms with Crippen molar-refractivity contribution in [3.63, 3.8) is 0 Å². The smallest absolute Gasteiger partial charge is 0.133 e. The maximum Gasteiger partial charge on any atom is 0.133 e. The Bertz CT molecular complexity index is 372. The second-order valence-corrected chi connectivity index (χ2v) is 7.93. The summed E-state index contributed by atoms with van der Waals surface area (Å²) in [6.45, 7) is 0. The SMILES string of the molecule is c1cc(SSSSc2ccnnn2)nnn1. The summed E-state index contributed by atoms with van der Waals surface area (Å²) in [5.74, 6) is 0. The molecule has 0 aliphatic rings. The fourth-order valence-electron chi connectivity index (χ4n) is 0.647. The zero-order valence-electron chi connectivity index (χ0n) is 7.63. The molecule has 0 aromatic carbocycles. The molecule has 0 bridgehead atoms. The average molecular weight is 288 g/mol. The molecule has 0 aliphatic heterocycles. The van der Waals surface area contributed by atoms with Crippen molar-refractivity contribution >= 4 is 41.2 Å². The van der Waals surface area contributed by atoms with Gasteiger partial charge in [-0.1, -0.05) is 0 Å². The van der Waals surface area contributed by atoms with Gasteiger partial charge in [-0.25, -0.2) is 0 Å². The van der Waals surface area contributed by atoms with Gasteiger partial charge in [-0.2, -0.15) is 0 Å². The summed E-state index contributed by atoms with van der Waals surface area (Å²) >= 11 is 0. The predicted molar refractivity (Wildman–Crippen MR) is 66.5 cm³/mol. The summed E-state index contributed by atoms with van der Waals surface area (Å²) in [6, 6.07) is 3.62. The molecule has 0 unspecified atom stereocenters. The molecule has 10 heteroatoms. The third-order valence-electron chi connectivity index (χ3n) is 1.22. The van der Waals surface area contributed by atoms with Crippen LogP contribution in [0.2, 0.25) is 0 Å². The van der Waals surface area contributed by atoms with Crippen LogP contribution in [-0.4, -0.2) is 30.8 Å². The molecular weight excluding hydrogens is 284 g/mol. The quantitative estimate of drug-likeness (QED) is 0.603. The number of aromatic nitrogens is 6. The topological polar surface area (TPSA) is 77.3 Å². The molecule has 6 nitrogen and oxygen atoms in total. The summed E-state index contributed by atoms with van der Waals surface area (Å²) in [4.78, 5) is 0. The normalized spacial score (nSPS) is 10.2. The number of nitrogens with zero attached hydrogens (tertiary/aromatic N) is 6. The van der Waals surface area contributed by atoms with E-state index in [0.29, 0.717) is 0 Å². The summed E-state index contributed by atoms with van der Waals surface area (Å²) < 4.78 is 0. The predicted octanol–water partition coefficient (Wildman–Crippen LogP) is 2.15. The molecule has 2 heterocycles. The Labute approximate surface area is 106 Å². The van der Waals surface area contributed by atoms with Crippen LogP contribution in [0.15, 0.2) is 34.6 Å². The Hall–Kier alpha value is -0.580. The molecule has 0 amide bonds. The van der Waals surface area contributed by atoms with Gasteiger partial charge in [0.15, 0.2) is 0 Å². The number of hydrogen-bond acceptors (Lipinski definition) is 10. The molecule has 2 aromatic rings. The van der Waals surface area contributed by atoms with Gasteiger partial charge in [0.1, 0.15) is 10.1 Å². The lowest BCUT2D eigenvalue weighted by Gasteiger charge is -1.96. The largest absolute Gasteiger partial charge is 0.139 e. The van der Waals surface area contributed by atoms with Crippen molar-refractivity contribution in [3.05, 3.63) is 24.5 Å². The van der Waals surface area contributed by atoms with Gasteiger partial charge in [0, 0.05) is 0 Å². The van der Waals surface area contributed by atoms with Gasteiger partial charge in [0.25, 0.3) is 0 Å². The van der Waals surface area contributed by atoms with Crippen molar-refractivity contribution in [2.24, 2.45) is 0 Å². The van der Waals surface area contributed by atoms with E-state index in [-0.39, 0.29) is 0 Å². The van der Waals surface area contributed by atoms with Gasteiger partial charge in [0.05, 0.1) is 12.4 Å². The lowest BCUT2D eigenvalue weighted by Crippen LogP contribution is -1.85. The lowest BCUT2D eigenvalue weighted by atomic mass is 10.7. The van der Waals surface area contributed by atoms with Crippen molar-refractivity contribution in [1.82, 2.24) is 30.8 Å². The van der Waals surface area contributed by atoms with Crippen LogP contribution in [0.3, 0.4) is 0 Å². The first-order valence-electron chi connectivity index (χ1n) is 3.92. The standard InChI is InChI=1S/C6H4N6S4/c1-3-7-11-9-5(1)13-15-16-14-6-2-4-8-12-10-6/h1-4H. The van der Waals surface area contributed by atoms with E-state index in [4.69, 9.17) is 0 Å². The Morgan fingerprint density at radius 1 is 0.750 bits per heavy atom. The molecule has 0 saturated heterocycles. The molecule has 0 radical (unpaired) electrons. The van der Waals surface area contributed by atoms with Crippen LogP contribution in [0.4, 0.5) is 0 Å². The zero-order chi connectivity index (χ0) is 11.1. The molecule has 0 N–H and O–H groups in total. The van der Waals surface area contributed by atoms with Gasteiger partial charge in [-0.15, -0.1) is 20.4 Å². The zero-order valence-corrected chi connectivity index (χ0v) is 10.9. The monoisotopic (exact) mass is 288 g/mol. The minimum Gasteiger partial charge on any atom is -0.139 e. The van der Waals surface area contributed by atoms with Gasteiger partial charge >= 0.3 is 0 Å². The molecule has 2 aromatic heterocycles. The minimum absolute atomic E-state index is 0.828. The average Bonchev–Trinajstić information content (AvgIpc) is 2.37. The first kappa shape index (κ1) is 11.9. The van der Waals surface area contributed by atoms with Crippen LogP contribution in [0.25, 0.3) is 0 Å². The Morgan fingerprint density at radius 3 is 1.62 bits per heavy atom. The van der Waals surface area contributed by atoms with Crippen LogP contribution in [0.5, 0.6) is 0 Å². The van der Waals surface area contributed by atoms with E-state index < -0.39 is 0 Å². The third-order valence-corrected chi connectivity index (χ3v) is 7.02. The first-order valence-corrected chi connectivity index (χ1v) is 8.73. The first-order chi connectivity index (χ1) is 7.95. The fourth-order valence-corrected chi connectivity index (χ4v) is 5.59. The maximum atomic E-state index is 3.84. The molecular formula is C6H4N6S4. The van der Waals surface area contributed by atoms with Crippen LogP contribution in [-0.2, 0) is 0 Å². The van der Waals surface area contributed by atoms with Crippen LogP contribution in [0.1, 0.15) is 0 Å². The van der Waals surface area contributed by atoms with Crippen LogP contribution in [0, 0.1) is 0 Å². The van der Waals surface area contributed by atoms with Gasteiger partial charge < -0.3 is 0 Å². The molecule has 0 spiro atoms. The molecule has 0 fully saturated rings. The number of hydrogen-bond donors (Lipinski definition) is 0. The van der Waals surface area contributed by atoms with Crippen molar-refractivity contribution in [3.8, 4) is 0 Å². The molecule has 2 rings (SSSR count). The Balaban J connectivity index is 1.70. The van der Waals surface area contributed by atoms with E-state index in [1.807, 2.05) is 12.1 Å². The maximum absolute atomic E-state index is 3.84. The second-order valence-electron chi connectivity index (χ2n) is 2.22. The minimum atomic E-state index is 0.828. The van der Waals surface area contributed by atoms with Gasteiger partial charge in [-0.3, -0.25) is 0 Å². The van der Waals surface area contributed by atoms with Crippen molar-refractivity contribution < 1.29 is 0 Å². The lowest BCUT2D eigenvalue weighted by molar-refractivity contribution is 0.805. The Morgan fingerprint density at radius 2 is 1.25 bits per heavy atom. The molecule has 0 saturated carbocycles. The second kappa shape index (κ2) is 6.89. The van der Waals surface area contributed by atoms with E-state index >= 15 is 0 Å². The highest BCUT2D eigenvalue weighted by Crippen LogP contribution is 2.47. The van der Waals surface area contributed by atoms with E-state index in [1.165, 1.54) is 21.6 Å². The summed E-state index contributed by atoms with van der Waals surface area (Å²) in [5, 5.41) is 23.6. The van der Waals surface area contributed by atoms with Crippen LogP contribution < -0.4 is 0 Å². The highest BCUT2D eigenvalue weighted by molar-refractivity contribution is 9.26. The molecule has 0 aliphatic carbocycles. The van der Waals surface area contributed by atoms with E-state index in [9.17, 15) is 0 Å². The van der Waals surface area contributed by atoms with Gasteiger partial charge in [0.2, 0.25) is 0 Å². The van der Waals surface area contributed by atoms with Crippen molar-refractivity contribution in [1.29, 1.82) is 0 Å². The van der Waals surface area contributed by atoms with E-state index in [0.717, 1.165) is 10.1 Å². The highest BCUT2D eigenvalue weighted by atomic mass is 33.7. The third kappa shape index (κ3) is 4.12. The molecule has 82 valence electrons. The van der Waals surface area contributed by atoms with E-state index in [1.54, 1.807) is 32.0 Å². The number of rotatable bonds is 5. The van der Waals surface area contributed by atoms with Crippen molar-refractivity contribution in [2.75, 3.05) is 0 Å². The summed E-state index contributed by atoms with van der Waals surface area (Å²) in [7, 11) is 6.20. The fraction of sp³-hybridized carbons (Fsp3) is 0. The summed E-state index contributed by atoms with van der Waals surface area (Å²) in [5.41, 5.74) is 0. The molecule has 0 atom stereocenters. The van der Waals surface area contributed by atoms with Crippen molar-refractivity contribution in [2.45, 2.75) is 10.1 Å². The summed E-state index contributed by atoms with van der Waals surface area (Å²) in [6.07, 6.45) is 3.23. The van der Waals surface area contributed by atoms with E-state index in [2.05, 4.69) is 30.8 Å². The Kier molecular flexibility index (Phi) is 5.12.